The van der Waals surface area contributed by atoms with Gasteiger partial charge in [-0.15, -0.1) is 0 Å². The molecule has 1 aromatic rings. The Morgan fingerprint density at radius 3 is 2.07 bits per heavy atom. The summed E-state index contributed by atoms with van der Waals surface area (Å²) in [7, 11) is -1.77. The van der Waals surface area contributed by atoms with Crippen LogP contribution in [0.1, 0.15) is 20.8 Å². The Bertz CT molecular complexity index is 329. The van der Waals surface area contributed by atoms with Crippen molar-refractivity contribution in [3.8, 4) is 0 Å². The van der Waals surface area contributed by atoms with Gasteiger partial charge in [0.15, 0.2) is 0 Å². The zero-order valence-corrected chi connectivity index (χ0v) is 10.5. The Hall–Kier alpha value is -0.773. The summed E-state index contributed by atoms with van der Waals surface area (Å²) < 4.78 is 26.4. The van der Waals surface area contributed by atoms with Crippen LogP contribution in [0.2, 0.25) is 18.1 Å². The van der Waals surface area contributed by atoms with Crippen molar-refractivity contribution < 1.29 is 8.78 Å². The SMILES string of the molecule is CC[Si](CC)(CC)c1cnc(F)cc1F. The first-order valence-corrected chi connectivity index (χ1v) is 8.03. The Morgan fingerprint density at radius 2 is 1.67 bits per heavy atom. The van der Waals surface area contributed by atoms with Crippen LogP contribution in [0.25, 0.3) is 0 Å². The summed E-state index contributed by atoms with van der Waals surface area (Å²) in [6.45, 7) is 6.26. The molecule has 0 N–H and O–H groups in total. The molecule has 15 heavy (non-hydrogen) atoms. The van der Waals surface area contributed by atoms with Gasteiger partial charge in [0.1, 0.15) is 5.82 Å². The minimum absolute atomic E-state index is 0.417. The highest BCUT2D eigenvalue weighted by molar-refractivity contribution is 6.91. The van der Waals surface area contributed by atoms with Gasteiger partial charge in [-0.25, -0.2) is 9.37 Å². The van der Waals surface area contributed by atoms with Crippen molar-refractivity contribution in [2.24, 2.45) is 0 Å². The molecule has 1 heterocycles. The topological polar surface area (TPSA) is 12.9 Å². The van der Waals surface area contributed by atoms with Gasteiger partial charge in [0.25, 0.3) is 0 Å². The molecule has 1 nitrogen and oxygen atoms in total. The molecular weight excluding hydrogens is 212 g/mol. The maximum atomic E-state index is 13.7. The molecule has 0 saturated heterocycles. The normalized spacial score (nSPS) is 11.8. The fourth-order valence-electron chi connectivity index (χ4n) is 2.12. The van der Waals surface area contributed by atoms with Crippen LogP contribution in [0.3, 0.4) is 0 Å². The highest BCUT2D eigenvalue weighted by Gasteiger charge is 2.32. The number of rotatable bonds is 4. The third-order valence-corrected chi connectivity index (χ3v) is 8.99. The summed E-state index contributed by atoms with van der Waals surface area (Å²) in [6.07, 6.45) is 1.40. The standard InChI is InChI=1S/C11H17F2NSi/c1-4-15(5-2,6-3)10-8-14-11(13)7-9(10)12/h7-8H,4-6H2,1-3H3. The quantitative estimate of drug-likeness (QED) is 0.571. The molecule has 0 aliphatic heterocycles. The maximum absolute atomic E-state index is 13.7. The van der Waals surface area contributed by atoms with Crippen molar-refractivity contribution in [2.75, 3.05) is 0 Å². The molecular formula is C11H17F2NSi. The van der Waals surface area contributed by atoms with Crippen LogP contribution in [-0.2, 0) is 0 Å². The molecule has 0 radical (unpaired) electrons. The lowest BCUT2D eigenvalue weighted by atomic mass is 10.5. The molecule has 0 bridgehead atoms. The maximum Gasteiger partial charge on any atom is 0.215 e. The zero-order chi connectivity index (χ0) is 11.5. The van der Waals surface area contributed by atoms with Crippen molar-refractivity contribution in [2.45, 2.75) is 38.9 Å². The van der Waals surface area contributed by atoms with Crippen LogP contribution in [0, 0.1) is 11.8 Å². The highest BCUT2D eigenvalue weighted by atomic mass is 28.3. The number of halogens is 2. The predicted octanol–water partition coefficient (Wildman–Crippen LogP) is 3.08. The molecule has 0 saturated carbocycles. The number of hydrogen-bond donors (Lipinski definition) is 0. The monoisotopic (exact) mass is 229 g/mol. The number of nitrogens with zero attached hydrogens (tertiary/aromatic N) is 1. The summed E-state index contributed by atoms with van der Waals surface area (Å²) in [5.41, 5.74) is 0. The average molecular weight is 229 g/mol. The van der Waals surface area contributed by atoms with Crippen molar-refractivity contribution in [1.29, 1.82) is 0 Å². The summed E-state index contributed by atoms with van der Waals surface area (Å²) in [4.78, 5) is 3.58. The lowest BCUT2D eigenvalue weighted by Gasteiger charge is -2.28. The number of hydrogen-bond acceptors (Lipinski definition) is 1. The Balaban J connectivity index is 3.22. The van der Waals surface area contributed by atoms with Gasteiger partial charge in [0, 0.05) is 12.3 Å². The molecule has 1 rings (SSSR count). The van der Waals surface area contributed by atoms with E-state index in [2.05, 4.69) is 25.8 Å². The molecule has 0 spiro atoms. The van der Waals surface area contributed by atoms with E-state index in [1.165, 1.54) is 6.20 Å². The number of pyridine rings is 1. The van der Waals surface area contributed by atoms with E-state index < -0.39 is 19.8 Å². The van der Waals surface area contributed by atoms with E-state index in [4.69, 9.17) is 0 Å². The van der Waals surface area contributed by atoms with Crippen LogP contribution in [0.4, 0.5) is 8.78 Å². The second-order valence-corrected chi connectivity index (χ2v) is 9.05. The minimum Gasteiger partial charge on any atom is -0.228 e. The van der Waals surface area contributed by atoms with E-state index in [9.17, 15) is 8.78 Å². The fourth-order valence-corrected chi connectivity index (χ4v) is 5.68. The van der Waals surface area contributed by atoms with Gasteiger partial charge in [-0.2, -0.15) is 4.39 Å². The molecule has 4 heteroatoms. The molecule has 84 valence electrons. The van der Waals surface area contributed by atoms with E-state index in [0.717, 1.165) is 24.2 Å². The van der Waals surface area contributed by atoms with Gasteiger partial charge in [-0.05, 0) is 5.19 Å². The second-order valence-electron chi connectivity index (χ2n) is 3.83. The van der Waals surface area contributed by atoms with Gasteiger partial charge in [0.2, 0.25) is 5.95 Å². The van der Waals surface area contributed by atoms with Crippen LogP contribution >= 0.6 is 0 Å². The Morgan fingerprint density at radius 1 is 1.13 bits per heavy atom. The smallest absolute Gasteiger partial charge is 0.215 e. The molecule has 0 fully saturated rings. The fraction of sp³-hybridized carbons (Fsp3) is 0.545. The first kappa shape index (κ1) is 12.3. The van der Waals surface area contributed by atoms with E-state index >= 15 is 0 Å². The molecule has 0 aliphatic rings. The summed E-state index contributed by atoms with van der Waals surface area (Å²) in [5, 5.41) is 0.677. The summed E-state index contributed by atoms with van der Waals surface area (Å²) in [6, 6.07) is 3.83. The van der Waals surface area contributed by atoms with Gasteiger partial charge in [0.05, 0.1) is 8.07 Å². The number of aromatic nitrogens is 1. The van der Waals surface area contributed by atoms with Crippen molar-refractivity contribution in [3.63, 3.8) is 0 Å². The molecule has 0 aromatic carbocycles. The zero-order valence-electron chi connectivity index (χ0n) is 9.48. The van der Waals surface area contributed by atoms with Gasteiger partial charge in [-0.1, -0.05) is 38.9 Å². The first-order chi connectivity index (χ1) is 7.09. The van der Waals surface area contributed by atoms with Crippen molar-refractivity contribution in [3.05, 3.63) is 24.0 Å². The second kappa shape index (κ2) is 4.83. The predicted molar refractivity (Wildman–Crippen MR) is 61.0 cm³/mol. The third-order valence-electron chi connectivity index (χ3n) is 3.42. The molecule has 1 aromatic heterocycles. The van der Waals surface area contributed by atoms with E-state index in [0.29, 0.717) is 5.19 Å². The molecule has 0 amide bonds. The average Bonchev–Trinajstić information content (AvgIpc) is 2.23. The molecule has 0 atom stereocenters. The lowest BCUT2D eigenvalue weighted by Crippen LogP contribution is -2.47. The van der Waals surface area contributed by atoms with E-state index in [1.807, 2.05) is 0 Å². The summed E-state index contributed by atoms with van der Waals surface area (Å²) in [5.74, 6) is -1.15. The summed E-state index contributed by atoms with van der Waals surface area (Å²) >= 11 is 0. The third kappa shape index (κ3) is 2.25. The van der Waals surface area contributed by atoms with E-state index in [-0.39, 0.29) is 0 Å². The largest absolute Gasteiger partial charge is 0.228 e. The van der Waals surface area contributed by atoms with Crippen LogP contribution < -0.4 is 5.19 Å². The van der Waals surface area contributed by atoms with Gasteiger partial charge >= 0.3 is 0 Å². The van der Waals surface area contributed by atoms with Gasteiger partial charge < -0.3 is 0 Å². The van der Waals surface area contributed by atoms with E-state index in [1.54, 1.807) is 0 Å². The highest BCUT2D eigenvalue weighted by Crippen LogP contribution is 2.21. The van der Waals surface area contributed by atoms with Crippen LogP contribution in [-0.4, -0.2) is 13.1 Å². The Kier molecular flexibility index (Phi) is 3.96. The Labute approximate surface area is 90.6 Å². The van der Waals surface area contributed by atoms with Gasteiger partial charge in [-0.3, -0.25) is 0 Å². The minimum atomic E-state index is -1.77. The van der Waals surface area contributed by atoms with Crippen molar-refractivity contribution in [1.82, 2.24) is 4.98 Å². The molecule has 0 unspecified atom stereocenters. The van der Waals surface area contributed by atoms with Crippen molar-refractivity contribution >= 4 is 13.3 Å². The van der Waals surface area contributed by atoms with Crippen LogP contribution in [0.15, 0.2) is 12.3 Å². The van der Waals surface area contributed by atoms with Crippen LogP contribution in [0.5, 0.6) is 0 Å². The first-order valence-electron chi connectivity index (χ1n) is 5.41. The molecule has 0 aliphatic carbocycles. The lowest BCUT2D eigenvalue weighted by molar-refractivity contribution is 0.555.